The van der Waals surface area contributed by atoms with Crippen molar-refractivity contribution in [3.63, 3.8) is 0 Å². The molecule has 0 radical (unpaired) electrons. The van der Waals surface area contributed by atoms with Gasteiger partial charge in [0.25, 0.3) is 0 Å². The van der Waals surface area contributed by atoms with E-state index in [1.54, 1.807) is 26.0 Å². The number of hydrogen-bond acceptors (Lipinski definition) is 5. The molecule has 0 aromatic heterocycles. The van der Waals surface area contributed by atoms with E-state index in [-0.39, 0.29) is 16.9 Å². The number of ether oxygens (including phenoxy) is 1. The Kier molecular flexibility index (Phi) is 7.83. The summed E-state index contributed by atoms with van der Waals surface area (Å²) >= 11 is 0. The topological polar surface area (TPSA) is 87.7 Å². The molecule has 3 rings (SSSR count). The van der Waals surface area contributed by atoms with E-state index in [2.05, 4.69) is 27.1 Å². The Morgan fingerprint density at radius 1 is 1.16 bits per heavy atom. The third-order valence-electron chi connectivity index (χ3n) is 5.38. The fourth-order valence-electron chi connectivity index (χ4n) is 3.82. The molecule has 0 saturated carbocycles. The highest BCUT2D eigenvalue weighted by Crippen LogP contribution is 2.25. The van der Waals surface area contributed by atoms with Crippen LogP contribution < -0.4 is 10.0 Å². The minimum atomic E-state index is -3.61. The molecule has 1 amide bonds. The molecule has 7 nitrogen and oxygen atoms in total. The molecule has 0 aliphatic carbocycles. The summed E-state index contributed by atoms with van der Waals surface area (Å²) in [4.78, 5) is 13.9. The average Bonchev–Trinajstić information content (AvgIpc) is 2.74. The van der Waals surface area contributed by atoms with Crippen molar-refractivity contribution in [2.45, 2.75) is 38.2 Å². The fraction of sp³-hybridized carbons (Fsp3) is 0.435. The molecule has 1 unspecified atom stereocenters. The number of morpholine rings is 1. The zero-order valence-electron chi connectivity index (χ0n) is 18.3. The lowest BCUT2D eigenvalue weighted by atomic mass is 10.1. The van der Waals surface area contributed by atoms with E-state index in [0.29, 0.717) is 25.3 Å². The van der Waals surface area contributed by atoms with Crippen LogP contribution in [0.15, 0.2) is 47.4 Å². The molecule has 1 saturated heterocycles. The smallest absolute Gasteiger partial charge is 0.240 e. The first kappa shape index (κ1) is 23.4. The van der Waals surface area contributed by atoms with Crippen LogP contribution in [0.3, 0.4) is 0 Å². The zero-order chi connectivity index (χ0) is 22.4. The van der Waals surface area contributed by atoms with E-state index in [0.717, 1.165) is 30.8 Å². The highest BCUT2D eigenvalue weighted by atomic mass is 32.2. The molecule has 1 heterocycles. The van der Waals surface area contributed by atoms with E-state index in [1.165, 1.54) is 12.5 Å². The number of rotatable bonds is 8. The first-order valence-electron chi connectivity index (χ1n) is 10.5. The molecule has 2 N–H and O–H groups in total. The maximum absolute atomic E-state index is 12.7. The lowest BCUT2D eigenvalue weighted by Crippen LogP contribution is -2.39. The van der Waals surface area contributed by atoms with Crippen molar-refractivity contribution in [3.05, 3.63) is 59.2 Å². The molecule has 0 spiro atoms. The first-order valence-corrected chi connectivity index (χ1v) is 12.0. The van der Waals surface area contributed by atoms with Gasteiger partial charge >= 0.3 is 0 Å². The van der Waals surface area contributed by atoms with Crippen LogP contribution >= 0.6 is 0 Å². The molecule has 1 atom stereocenters. The van der Waals surface area contributed by atoms with Gasteiger partial charge < -0.3 is 10.1 Å². The summed E-state index contributed by atoms with van der Waals surface area (Å²) in [7, 11) is -3.61. The van der Waals surface area contributed by atoms with Crippen molar-refractivity contribution in [2.75, 3.05) is 38.1 Å². The Morgan fingerprint density at radius 2 is 1.84 bits per heavy atom. The number of aryl methyl sites for hydroxylation is 2. The quantitative estimate of drug-likeness (QED) is 0.610. The van der Waals surface area contributed by atoms with Crippen molar-refractivity contribution in [1.82, 2.24) is 9.62 Å². The normalized spacial score (nSPS) is 17.5. The van der Waals surface area contributed by atoms with Gasteiger partial charge in [0.05, 0.1) is 17.6 Å². The van der Waals surface area contributed by atoms with Crippen LogP contribution in [-0.2, 0) is 19.6 Å². The van der Waals surface area contributed by atoms with Gasteiger partial charge in [0.15, 0.2) is 0 Å². The number of sulfonamides is 1. The second-order valence-electron chi connectivity index (χ2n) is 7.94. The molecule has 2 aromatic rings. The lowest BCUT2D eigenvalue weighted by Gasteiger charge is -2.33. The number of carbonyl (C=O) groups excluding carboxylic acids is 1. The van der Waals surface area contributed by atoms with Crippen molar-refractivity contribution in [1.29, 1.82) is 0 Å². The third kappa shape index (κ3) is 6.36. The standard InChI is InChI=1S/C23H31N3O4S/c1-17-14-21(15-18(2)23(17)25-19(3)27)31(28,29)24-10-7-11-26-12-13-30-22(16-26)20-8-5-4-6-9-20/h4-6,8-9,14-15,22,24H,7,10-13,16H2,1-3H3,(H,25,27). The Labute approximate surface area is 184 Å². The van der Waals surface area contributed by atoms with Crippen LogP contribution in [0.2, 0.25) is 0 Å². The van der Waals surface area contributed by atoms with Crippen LogP contribution in [0.1, 0.15) is 36.1 Å². The van der Waals surface area contributed by atoms with Crippen LogP contribution in [0.5, 0.6) is 0 Å². The molecule has 1 aliphatic heterocycles. The first-order chi connectivity index (χ1) is 14.8. The van der Waals surface area contributed by atoms with E-state index in [9.17, 15) is 13.2 Å². The van der Waals surface area contributed by atoms with Crippen LogP contribution in [0.25, 0.3) is 0 Å². The number of nitrogens with one attached hydrogen (secondary N) is 2. The molecular formula is C23H31N3O4S. The van der Waals surface area contributed by atoms with Gasteiger partial charge in [-0.1, -0.05) is 30.3 Å². The Balaban J connectivity index is 1.52. The molecule has 1 fully saturated rings. The van der Waals surface area contributed by atoms with Crippen LogP contribution in [0, 0.1) is 13.8 Å². The summed E-state index contributed by atoms with van der Waals surface area (Å²) in [6, 6.07) is 13.3. The summed E-state index contributed by atoms with van der Waals surface area (Å²) in [5.41, 5.74) is 3.26. The number of nitrogens with zero attached hydrogens (tertiary/aromatic N) is 1. The van der Waals surface area contributed by atoms with Gasteiger partial charge in [-0.3, -0.25) is 9.69 Å². The fourth-order valence-corrected chi connectivity index (χ4v) is 5.06. The van der Waals surface area contributed by atoms with Crippen LogP contribution in [-0.4, -0.2) is 52.0 Å². The second-order valence-corrected chi connectivity index (χ2v) is 9.70. The van der Waals surface area contributed by atoms with E-state index < -0.39 is 10.0 Å². The maximum atomic E-state index is 12.7. The number of hydrogen-bond donors (Lipinski definition) is 2. The predicted molar refractivity (Wildman–Crippen MR) is 122 cm³/mol. The maximum Gasteiger partial charge on any atom is 0.240 e. The van der Waals surface area contributed by atoms with E-state index in [4.69, 9.17) is 4.74 Å². The van der Waals surface area contributed by atoms with Crippen molar-refractivity contribution in [3.8, 4) is 0 Å². The number of amides is 1. The summed E-state index contributed by atoms with van der Waals surface area (Å²) in [6.07, 6.45) is 0.766. The molecule has 0 bridgehead atoms. The Bertz CT molecular complexity index is 986. The van der Waals surface area contributed by atoms with Crippen LogP contribution in [0.4, 0.5) is 5.69 Å². The number of anilines is 1. The van der Waals surface area contributed by atoms with Gasteiger partial charge in [-0.25, -0.2) is 13.1 Å². The number of benzene rings is 2. The molecule has 168 valence electrons. The van der Waals surface area contributed by atoms with E-state index in [1.807, 2.05) is 18.2 Å². The van der Waals surface area contributed by atoms with Crippen molar-refractivity contribution >= 4 is 21.6 Å². The minimum Gasteiger partial charge on any atom is -0.371 e. The van der Waals surface area contributed by atoms with Gasteiger partial charge in [0.1, 0.15) is 0 Å². The van der Waals surface area contributed by atoms with Crippen molar-refractivity contribution in [2.24, 2.45) is 0 Å². The monoisotopic (exact) mass is 445 g/mol. The van der Waals surface area contributed by atoms with Gasteiger partial charge in [-0.2, -0.15) is 0 Å². The summed E-state index contributed by atoms with van der Waals surface area (Å²) in [5.74, 6) is -0.183. The number of carbonyl (C=O) groups is 1. The Hall–Kier alpha value is -2.26. The summed E-state index contributed by atoms with van der Waals surface area (Å²) in [6.45, 7) is 8.50. The second kappa shape index (κ2) is 10.4. The highest BCUT2D eigenvalue weighted by molar-refractivity contribution is 7.89. The largest absolute Gasteiger partial charge is 0.371 e. The van der Waals surface area contributed by atoms with E-state index >= 15 is 0 Å². The van der Waals surface area contributed by atoms with Crippen molar-refractivity contribution < 1.29 is 17.9 Å². The third-order valence-corrected chi connectivity index (χ3v) is 6.82. The molecular weight excluding hydrogens is 414 g/mol. The lowest BCUT2D eigenvalue weighted by molar-refractivity contribution is -0.114. The zero-order valence-corrected chi connectivity index (χ0v) is 19.2. The SMILES string of the molecule is CC(=O)Nc1c(C)cc(S(=O)(=O)NCCCN2CCOC(c3ccccc3)C2)cc1C. The predicted octanol–water partition coefficient (Wildman–Crippen LogP) is 3.00. The molecule has 2 aromatic carbocycles. The molecule has 1 aliphatic rings. The van der Waals surface area contributed by atoms with Gasteiger partial charge in [-0.05, 0) is 55.6 Å². The van der Waals surface area contributed by atoms with Gasteiger partial charge in [0.2, 0.25) is 15.9 Å². The Morgan fingerprint density at radius 3 is 2.48 bits per heavy atom. The summed E-state index contributed by atoms with van der Waals surface area (Å²) in [5, 5.41) is 2.75. The summed E-state index contributed by atoms with van der Waals surface area (Å²) < 4.78 is 34.0. The molecule has 31 heavy (non-hydrogen) atoms. The minimum absolute atomic E-state index is 0.0553. The molecule has 8 heteroatoms. The average molecular weight is 446 g/mol. The van der Waals surface area contributed by atoms with Gasteiger partial charge in [0, 0.05) is 32.2 Å². The van der Waals surface area contributed by atoms with Gasteiger partial charge in [-0.15, -0.1) is 0 Å². The highest BCUT2D eigenvalue weighted by Gasteiger charge is 2.22.